The third kappa shape index (κ3) is 3.88. The van der Waals surface area contributed by atoms with Crippen molar-refractivity contribution in [2.75, 3.05) is 12.4 Å². The largest absolute Gasteiger partial charge is 0.496 e. The molecule has 0 saturated carbocycles. The van der Waals surface area contributed by atoms with E-state index in [1.807, 2.05) is 6.07 Å². The number of ether oxygens (including phenoxy) is 1. The molecule has 170 valence electrons. The molecule has 0 radical (unpaired) electrons. The number of carbonyl (C=O) groups excluding carboxylic acids is 2. The molecule has 2 aromatic heterocycles. The molecule has 0 aliphatic heterocycles. The van der Waals surface area contributed by atoms with Crippen LogP contribution in [0.2, 0.25) is 10.0 Å². The Labute approximate surface area is 216 Å². The number of ketones is 1. The highest BCUT2D eigenvalue weighted by Gasteiger charge is 2.26. The van der Waals surface area contributed by atoms with Gasteiger partial charge in [-0.05, 0) is 58.4 Å². The molecule has 0 fully saturated rings. The van der Waals surface area contributed by atoms with Gasteiger partial charge in [-0.2, -0.15) is 0 Å². The number of hydrogen-bond acceptors (Lipinski definition) is 5. The Balaban J connectivity index is 1.59. The highest BCUT2D eigenvalue weighted by atomic mass is 79.9. The van der Waals surface area contributed by atoms with Gasteiger partial charge in [-0.25, -0.2) is 0 Å². The molecular formula is C25H14BrCl2NO4S. The third-order valence-corrected chi connectivity index (χ3v) is 7.85. The number of anilines is 1. The van der Waals surface area contributed by atoms with Crippen molar-refractivity contribution in [2.24, 2.45) is 0 Å². The number of halogens is 3. The Bertz CT molecular complexity index is 1610. The molecule has 0 unspecified atom stereocenters. The lowest BCUT2D eigenvalue weighted by Gasteiger charge is -2.07. The molecule has 5 nitrogen and oxygen atoms in total. The maximum absolute atomic E-state index is 13.4. The maximum Gasteiger partial charge on any atom is 0.267 e. The first-order valence-corrected chi connectivity index (χ1v) is 12.3. The number of furan rings is 1. The summed E-state index contributed by atoms with van der Waals surface area (Å²) in [6.45, 7) is 0. The topological polar surface area (TPSA) is 68.5 Å². The van der Waals surface area contributed by atoms with E-state index >= 15 is 0 Å². The van der Waals surface area contributed by atoms with Crippen molar-refractivity contribution in [3.8, 4) is 5.75 Å². The van der Waals surface area contributed by atoms with E-state index in [4.69, 9.17) is 32.4 Å². The first-order chi connectivity index (χ1) is 16.4. The van der Waals surface area contributed by atoms with Crippen molar-refractivity contribution >= 4 is 88.9 Å². The summed E-state index contributed by atoms with van der Waals surface area (Å²) in [7, 11) is 1.54. The van der Waals surface area contributed by atoms with E-state index in [1.54, 1.807) is 61.7 Å². The number of carbonyl (C=O) groups is 2. The molecule has 0 atom stereocenters. The zero-order valence-corrected chi connectivity index (χ0v) is 21.4. The smallest absolute Gasteiger partial charge is 0.267 e. The molecule has 0 aliphatic rings. The van der Waals surface area contributed by atoms with Gasteiger partial charge >= 0.3 is 0 Å². The van der Waals surface area contributed by atoms with Gasteiger partial charge in [0.25, 0.3) is 5.91 Å². The molecule has 0 spiro atoms. The molecule has 1 amide bonds. The van der Waals surface area contributed by atoms with E-state index in [0.717, 1.165) is 4.70 Å². The summed E-state index contributed by atoms with van der Waals surface area (Å²) in [6, 6.07) is 17.4. The van der Waals surface area contributed by atoms with Gasteiger partial charge in [0, 0.05) is 21.0 Å². The van der Waals surface area contributed by atoms with Crippen LogP contribution in [0.15, 0.2) is 69.6 Å². The minimum Gasteiger partial charge on any atom is -0.496 e. The van der Waals surface area contributed by atoms with E-state index in [9.17, 15) is 9.59 Å². The average molecular weight is 575 g/mol. The van der Waals surface area contributed by atoms with Gasteiger partial charge in [0.1, 0.15) is 16.2 Å². The number of para-hydroxylation sites is 1. The van der Waals surface area contributed by atoms with Gasteiger partial charge in [0.2, 0.25) is 5.78 Å². The fraction of sp³-hybridized carbons (Fsp3) is 0.0400. The van der Waals surface area contributed by atoms with Crippen LogP contribution in [0.25, 0.3) is 21.1 Å². The van der Waals surface area contributed by atoms with Crippen LogP contribution < -0.4 is 10.1 Å². The summed E-state index contributed by atoms with van der Waals surface area (Å²) in [5.41, 5.74) is 1.12. The molecule has 9 heteroatoms. The van der Waals surface area contributed by atoms with Crippen molar-refractivity contribution in [3.05, 3.63) is 91.4 Å². The van der Waals surface area contributed by atoms with Crippen molar-refractivity contribution in [3.63, 3.8) is 0 Å². The summed E-state index contributed by atoms with van der Waals surface area (Å²) in [5.74, 6) is -0.242. The molecule has 5 rings (SSSR count). The molecule has 34 heavy (non-hydrogen) atoms. The number of amides is 1. The maximum atomic E-state index is 13.4. The van der Waals surface area contributed by atoms with Crippen LogP contribution in [-0.2, 0) is 0 Å². The molecule has 0 saturated heterocycles. The molecule has 0 bridgehead atoms. The third-order valence-electron chi connectivity index (χ3n) is 5.27. The number of rotatable bonds is 5. The zero-order chi connectivity index (χ0) is 24.0. The van der Waals surface area contributed by atoms with Crippen molar-refractivity contribution in [2.45, 2.75) is 0 Å². The molecule has 0 aliphatic carbocycles. The highest BCUT2D eigenvalue weighted by Crippen LogP contribution is 2.41. The Morgan fingerprint density at radius 1 is 1.06 bits per heavy atom. The lowest BCUT2D eigenvalue weighted by molar-refractivity contribution is 0.101. The number of benzene rings is 3. The quantitative estimate of drug-likeness (QED) is 0.215. The predicted molar refractivity (Wildman–Crippen MR) is 140 cm³/mol. The first kappa shape index (κ1) is 22.9. The Morgan fingerprint density at radius 3 is 2.59 bits per heavy atom. The second kappa shape index (κ2) is 9.07. The number of hydrogen-bond donors (Lipinski definition) is 1. The summed E-state index contributed by atoms with van der Waals surface area (Å²) in [6.07, 6.45) is 0. The number of thiophene rings is 1. The normalized spacial score (nSPS) is 11.2. The van der Waals surface area contributed by atoms with Gasteiger partial charge in [0.15, 0.2) is 5.76 Å². The summed E-state index contributed by atoms with van der Waals surface area (Å²) in [5, 5.41) is 4.81. The van der Waals surface area contributed by atoms with Crippen molar-refractivity contribution in [1.82, 2.24) is 0 Å². The van der Waals surface area contributed by atoms with Crippen molar-refractivity contribution in [1.29, 1.82) is 0 Å². The SMILES string of the molecule is COc1ccc(C(=O)c2oc3ccccc3c2NC(=O)c2sc3cccc(Cl)c3c2Cl)cc1Br. The zero-order valence-electron chi connectivity index (χ0n) is 17.4. The van der Waals surface area contributed by atoms with E-state index in [0.29, 0.717) is 42.0 Å². The average Bonchev–Trinajstić information content (AvgIpc) is 3.37. The van der Waals surface area contributed by atoms with Crippen molar-refractivity contribution < 1.29 is 18.7 Å². The molecule has 5 aromatic rings. The van der Waals surface area contributed by atoms with Crippen LogP contribution in [0.5, 0.6) is 5.75 Å². The summed E-state index contributed by atoms with van der Waals surface area (Å²) in [4.78, 5) is 27.0. The molecule has 3 aromatic carbocycles. The predicted octanol–water partition coefficient (Wildman–Crippen LogP) is 8.21. The van der Waals surface area contributed by atoms with Gasteiger partial charge < -0.3 is 14.5 Å². The molecule has 2 heterocycles. The minimum absolute atomic E-state index is 0.0156. The van der Waals surface area contributed by atoms with Gasteiger partial charge in [-0.15, -0.1) is 11.3 Å². The standard InChI is InChI=1S/C25H14BrCl2NO4S/c1-32-17-10-9-12(11-14(17)26)22(30)23-21(13-5-2-3-7-16(13)33-23)29-25(31)24-20(28)19-15(27)6-4-8-18(19)34-24/h2-11H,1H3,(H,29,31). The lowest BCUT2D eigenvalue weighted by atomic mass is 10.1. The Hall–Kier alpha value is -2.84. The monoisotopic (exact) mass is 573 g/mol. The van der Waals surface area contributed by atoms with Crippen LogP contribution >= 0.6 is 50.5 Å². The number of nitrogens with one attached hydrogen (secondary N) is 1. The van der Waals surface area contributed by atoms with E-state index < -0.39 is 5.91 Å². The number of fused-ring (bicyclic) bond motifs is 2. The summed E-state index contributed by atoms with van der Waals surface area (Å²) < 4.78 is 12.6. The molecule has 1 N–H and O–H groups in total. The van der Waals surface area contributed by atoms with Crippen LogP contribution in [0.1, 0.15) is 25.8 Å². The Kier molecular flexibility index (Phi) is 6.12. The van der Waals surface area contributed by atoms with Gasteiger partial charge in [0.05, 0.1) is 27.3 Å². The van der Waals surface area contributed by atoms with Crippen LogP contribution in [-0.4, -0.2) is 18.8 Å². The molecular weight excluding hydrogens is 561 g/mol. The number of methoxy groups -OCH3 is 1. The highest BCUT2D eigenvalue weighted by molar-refractivity contribution is 9.10. The fourth-order valence-corrected chi connectivity index (χ4v) is 6.05. The summed E-state index contributed by atoms with van der Waals surface area (Å²) >= 11 is 17.4. The minimum atomic E-state index is -0.459. The lowest BCUT2D eigenvalue weighted by Crippen LogP contribution is -2.13. The fourth-order valence-electron chi connectivity index (χ4n) is 3.66. The van der Waals surface area contributed by atoms with E-state index in [2.05, 4.69) is 21.2 Å². The Morgan fingerprint density at radius 2 is 1.85 bits per heavy atom. The van der Waals surface area contributed by atoms with Gasteiger partial charge in [-0.1, -0.05) is 41.4 Å². The second-order valence-electron chi connectivity index (χ2n) is 7.29. The van der Waals surface area contributed by atoms with E-state index in [1.165, 1.54) is 11.3 Å². The van der Waals surface area contributed by atoms with Gasteiger partial charge in [-0.3, -0.25) is 9.59 Å². The first-order valence-electron chi connectivity index (χ1n) is 9.96. The van der Waals surface area contributed by atoms with Crippen LogP contribution in [0.4, 0.5) is 5.69 Å². The second-order valence-corrected chi connectivity index (χ2v) is 9.98. The van der Waals surface area contributed by atoms with E-state index in [-0.39, 0.29) is 22.3 Å². The van der Waals surface area contributed by atoms with Crippen LogP contribution in [0.3, 0.4) is 0 Å². The van der Waals surface area contributed by atoms with Crippen LogP contribution in [0, 0.1) is 0 Å².